The Kier molecular flexibility index (Phi) is 7.74. The Balaban J connectivity index is 2.81. The summed E-state index contributed by atoms with van der Waals surface area (Å²) in [6.07, 6.45) is -2.78. The van der Waals surface area contributed by atoms with Crippen LogP contribution in [0.4, 0.5) is 13.2 Å². The summed E-state index contributed by atoms with van der Waals surface area (Å²) in [5, 5.41) is 0. The Hall–Kier alpha value is -2.05. The number of carbonyl (C=O) groups is 2. The fraction of sp³-hybridized carbons (Fsp3) is 0.529. The molecule has 1 aromatic carbocycles. The summed E-state index contributed by atoms with van der Waals surface area (Å²) in [5.74, 6) is -0.791. The third kappa shape index (κ3) is 6.22. The smallest absolute Gasteiger partial charge is 0.416 e. The number of ether oxygens (including phenoxy) is 1. The molecule has 134 valence electrons. The van der Waals surface area contributed by atoms with Gasteiger partial charge in [-0.1, -0.05) is 13.3 Å². The summed E-state index contributed by atoms with van der Waals surface area (Å²) in [6, 6.07) is 4.09. The molecule has 1 aromatic rings. The van der Waals surface area contributed by atoms with Gasteiger partial charge < -0.3 is 9.64 Å². The molecule has 0 fully saturated rings. The first kappa shape index (κ1) is 20.0. The Morgan fingerprint density at radius 2 is 1.71 bits per heavy atom. The van der Waals surface area contributed by atoms with E-state index in [1.165, 1.54) is 4.90 Å². The Bertz CT molecular complexity index is 541. The van der Waals surface area contributed by atoms with E-state index in [1.807, 2.05) is 6.92 Å². The minimum Gasteiger partial charge on any atom is -0.466 e. The van der Waals surface area contributed by atoms with Gasteiger partial charge in [-0.25, -0.2) is 0 Å². The number of amides is 1. The third-order valence-corrected chi connectivity index (χ3v) is 3.42. The van der Waals surface area contributed by atoms with Crippen molar-refractivity contribution in [3.63, 3.8) is 0 Å². The Labute approximate surface area is 139 Å². The molecule has 0 aromatic heterocycles. The molecule has 0 N–H and O–H groups in total. The molecule has 4 nitrogen and oxygen atoms in total. The van der Waals surface area contributed by atoms with Crippen molar-refractivity contribution in [2.45, 2.75) is 39.3 Å². The molecule has 0 saturated heterocycles. The summed E-state index contributed by atoms with van der Waals surface area (Å²) in [6.45, 7) is 4.54. The molecule has 0 radical (unpaired) electrons. The van der Waals surface area contributed by atoms with Crippen molar-refractivity contribution in [1.82, 2.24) is 4.90 Å². The van der Waals surface area contributed by atoms with Crippen molar-refractivity contribution < 1.29 is 27.5 Å². The van der Waals surface area contributed by atoms with E-state index in [2.05, 4.69) is 0 Å². The number of carbonyl (C=O) groups excluding carboxylic acids is 2. The molecule has 0 unspecified atom stereocenters. The van der Waals surface area contributed by atoms with Crippen molar-refractivity contribution in [3.8, 4) is 0 Å². The van der Waals surface area contributed by atoms with E-state index in [4.69, 9.17) is 4.74 Å². The van der Waals surface area contributed by atoms with Crippen molar-refractivity contribution in [2.75, 3.05) is 19.7 Å². The molecule has 0 bridgehead atoms. The largest absolute Gasteiger partial charge is 0.466 e. The summed E-state index contributed by atoms with van der Waals surface area (Å²) in [4.78, 5) is 25.4. The van der Waals surface area contributed by atoms with E-state index in [0.717, 1.165) is 37.1 Å². The highest BCUT2D eigenvalue weighted by molar-refractivity contribution is 5.94. The van der Waals surface area contributed by atoms with E-state index in [0.29, 0.717) is 6.54 Å². The maximum Gasteiger partial charge on any atom is 0.416 e. The zero-order valence-electron chi connectivity index (χ0n) is 13.9. The average Bonchev–Trinajstić information content (AvgIpc) is 2.54. The Morgan fingerprint density at radius 1 is 1.08 bits per heavy atom. The van der Waals surface area contributed by atoms with Crippen LogP contribution in [0.25, 0.3) is 0 Å². The van der Waals surface area contributed by atoms with Crippen molar-refractivity contribution in [2.24, 2.45) is 0 Å². The molecule has 0 atom stereocenters. The van der Waals surface area contributed by atoms with Crippen LogP contribution in [0.3, 0.4) is 0 Å². The number of unbranched alkanes of at least 4 members (excludes halogenated alkanes) is 1. The first-order valence-electron chi connectivity index (χ1n) is 7.91. The molecule has 0 heterocycles. The van der Waals surface area contributed by atoms with Gasteiger partial charge in [0.05, 0.1) is 18.6 Å². The molecule has 1 amide bonds. The quantitative estimate of drug-likeness (QED) is 0.671. The van der Waals surface area contributed by atoms with Gasteiger partial charge in [0, 0.05) is 18.7 Å². The summed E-state index contributed by atoms with van der Waals surface area (Å²) in [7, 11) is 0. The minimum atomic E-state index is -4.44. The molecule has 0 saturated carbocycles. The number of nitrogens with zero attached hydrogens (tertiary/aromatic N) is 1. The van der Waals surface area contributed by atoms with Crippen LogP contribution >= 0.6 is 0 Å². The van der Waals surface area contributed by atoms with E-state index in [-0.39, 0.29) is 31.0 Å². The van der Waals surface area contributed by atoms with Crippen molar-refractivity contribution >= 4 is 11.9 Å². The zero-order valence-corrected chi connectivity index (χ0v) is 13.9. The lowest BCUT2D eigenvalue weighted by Gasteiger charge is -2.22. The number of halogens is 3. The van der Waals surface area contributed by atoms with Gasteiger partial charge >= 0.3 is 12.1 Å². The molecule has 0 aliphatic carbocycles. The summed E-state index contributed by atoms with van der Waals surface area (Å²) >= 11 is 0. The first-order chi connectivity index (χ1) is 11.3. The topological polar surface area (TPSA) is 46.6 Å². The van der Waals surface area contributed by atoms with Crippen molar-refractivity contribution in [3.05, 3.63) is 35.4 Å². The van der Waals surface area contributed by atoms with Gasteiger partial charge in [-0.15, -0.1) is 0 Å². The van der Waals surface area contributed by atoms with Crippen LogP contribution in [0.2, 0.25) is 0 Å². The number of alkyl halides is 3. The van der Waals surface area contributed by atoms with Crippen molar-refractivity contribution in [1.29, 1.82) is 0 Å². The highest BCUT2D eigenvalue weighted by Crippen LogP contribution is 2.29. The third-order valence-electron chi connectivity index (χ3n) is 3.42. The summed E-state index contributed by atoms with van der Waals surface area (Å²) in [5.41, 5.74) is -0.631. The lowest BCUT2D eigenvalue weighted by atomic mass is 10.1. The summed E-state index contributed by atoms with van der Waals surface area (Å²) < 4.78 is 42.6. The van der Waals surface area contributed by atoms with Crippen LogP contribution in [-0.4, -0.2) is 36.5 Å². The predicted octanol–water partition coefficient (Wildman–Crippen LogP) is 3.90. The van der Waals surface area contributed by atoms with E-state index >= 15 is 0 Å². The van der Waals surface area contributed by atoms with Crippen LogP contribution in [0.1, 0.15) is 49.0 Å². The SMILES string of the molecule is CCCCN(CCC(=O)OCC)C(=O)c1ccc(C(F)(F)F)cc1. The van der Waals surface area contributed by atoms with Gasteiger partial charge in [-0.05, 0) is 37.6 Å². The zero-order chi connectivity index (χ0) is 18.2. The highest BCUT2D eigenvalue weighted by atomic mass is 19.4. The second-order valence-electron chi connectivity index (χ2n) is 5.28. The average molecular weight is 345 g/mol. The predicted molar refractivity (Wildman–Crippen MR) is 83.5 cm³/mol. The molecular weight excluding hydrogens is 323 g/mol. The maximum atomic E-state index is 12.6. The van der Waals surface area contributed by atoms with Gasteiger partial charge in [-0.3, -0.25) is 9.59 Å². The molecular formula is C17H22F3NO3. The monoisotopic (exact) mass is 345 g/mol. The van der Waals surface area contributed by atoms with Crippen LogP contribution < -0.4 is 0 Å². The van der Waals surface area contributed by atoms with Gasteiger partial charge in [0.25, 0.3) is 5.91 Å². The van der Waals surface area contributed by atoms with Crippen LogP contribution in [0, 0.1) is 0 Å². The second-order valence-corrected chi connectivity index (χ2v) is 5.28. The van der Waals surface area contributed by atoms with Gasteiger partial charge in [0.2, 0.25) is 0 Å². The lowest BCUT2D eigenvalue weighted by molar-refractivity contribution is -0.143. The standard InChI is InChI=1S/C17H22F3NO3/c1-3-5-11-21(12-10-15(22)24-4-2)16(23)13-6-8-14(9-7-13)17(18,19)20/h6-9H,3-5,10-12H2,1-2H3. The van der Waals surface area contributed by atoms with E-state index in [9.17, 15) is 22.8 Å². The first-order valence-corrected chi connectivity index (χ1v) is 7.91. The van der Waals surface area contributed by atoms with Crippen LogP contribution in [-0.2, 0) is 15.7 Å². The minimum absolute atomic E-state index is 0.0595. The lowest BCUT2D eigenvalue weighted by Crippen LogP contribution is -2.34. The molecule has 7 heteroatoms. The fourth-order valence-electron chi connectivity index (χ4n) is 2.11. The van der Waals surface area contributed by atoms with Crippen LogP contribution in [0.5, 0.6) is 0 Å². The fourth-order valence-corrected chi connectivity index (χ4v) is 2.11. The number of hydrogen-bond donors (Lipinski definition) is 0. The maximum absolute atomic E-state index is 12.6. The Morgan fingerprint density at radius 3 is 2.21 bits per heavy atom. The molecule has 0 spiro atoms. The van der Waals surface area contributed by atoms with E-state index < -0.39 is 17.7 Å². The van der Waals surface area contributed by atoms with Crippen LogP contribution in [0.15, 0.2) is 24.3 Å². The highest BCUT2D eigenvalue weighted by Gasteiger charge is 2.30. The molecule has 1 rings (SSSR count). The molecule has 0 aliphatic heterocycles. The second kappa shape index (κ2) is 9.30. The molecule has 24 heavy (non-hydrogen) atoms. The van der Waals surface area contributed by atoms with Gasteiger partial charge in [-0.2, -0.15) is 13.2 Å². The van der Waals surface area contributed by atoms with E-state index in [1.54, 1.807) is 6.92 Å². The number of hydrogen-bond acceptors (Lipinski definition) is 3. The van der Waals surface area contributed by atoms with Gasteiger partial charge in [0.1, 0.15) is 0 Å². The number of benzene rings is 1. The van der Waals surface area contributed by atoms with Gasteiger partial charge in [0.15, 0.2) is 0 Å². The normalized spacial score (nSPS) is 11.2. The molecule has 0 aliphatic rings. The number of rotatable bonds is 8. The number of esters is 1.